The van der Waals surface area contributed by atoms with Gasteiger partial charge < -0.3 is 14.5 Å². The van der Waals surface area contributed by atoms with E-state index in [4.69, 9.17) is 9.15 Å². The molecule has 0 unspecified atom stereocenters. The van der Waals surface area contributed by atoms with Crippen molar-refractivity contribution in [3.8, 4) is 11.5 Å². The summed E-state index contributed by atoms with van der Waals surface area (Å²) in [7, 11) is 0. The Hall–Kier alpha value is -3.73. The predicted molar refractivity (Wildman–Crippen MR) is 136 cm³/mol. The lowest BCUT2D eigenvalue weighted by molar-refractivity contribution is -0.384. The lowest BCUT2D eigenvalue weighted by Gasteiger charge is -2.20. The van der Waals surface area contributed by atoms with Crippen molar-refractivity contribution in [1.29, 1.82) is 0 Å². The molecule has 190 valence electrons. The molecule has 0 saturated heterocycles. The largest absolute Gasteiger partial charge is 0.454 e. The fraction of sp³-hybridized carbons (Fsp3) is 0.360. The third kappa shape index (κ3) is 7.14. The fourth-order valence-corrected chi connectivity index (χ4v) is 3.71. The first-order valence-electron chi connectivity index (χ1n) is 11.2. The number of hydrogen-bond acceptors (Lipinski definition) is 9. The minimum atomic E-state index is -0.843. The number of carbonyl (C=O) groups is 2. The number of nitro benzene ring substituents is 1. The highest BCUT2D eigenvalue weighted by Gasteiger charge is 2.24. The van der Waals surface area contributed by atoms with Crippen molar-refractivity contribution < 1.29 is 23.7 Å². The summed E-state index contributed by atoms with van der Waals surface area (Å²) in [4.78, 5) is 35.8. The molecular formula is C25H28N4O6S. The van der Waals surface area contributed by atoms with Gasteiger partial charge >= 0.3 is 5.97 Å². The molecule has 3 aromatic rings. The number of thioether (sulfide) groups is 1. The van der Waals surface area contributed by atoms with E-state index in [9.17, 15) is 19.7 Å². The van der Waals surface area contributed by atoms with Crippen LogP contribution >= 0.6 is 11.8 Å². The number of nitro groups is 1. The molecule has 0 fully saturated rings. The molecule has 0 radical (unpaired) electrons. The first-order valence-corrected chi connectivity index (χ1v) is 12.6. The van der Waals surface area contributed by atoms with E-state index < -0.39 is 16.9 Å². The summed E-state index contributed by atoms with van der Waals surface area (Å²) in [6, 6.07) is 12.1. The van der Waals surface area contributed by atoms with Crippen LogP contribution in [0.3, 0.4) is 0 Å². The average molecular weight is 513 g/mol. The quantitative estimate of drug-likeness (QED) is 0.236. The zero-order valence-corrected chi connectivity index (χ0v) is 21.3. The summed E-state index contributed by atoms with van der Waals surface area (Å²) < 4.78 is 10.8. The highest BCUT2D eigenvalue weighted by Crippen LogP contribution is 2.23. The van der Waals surface area contributed by atoms with Crippen LogP contribution in [0.2, 0.25) is 0 Å². The molecule has 0 saturated carbocycles. The molecule has 1 heterocycles. The van der Waals surface area contributed by atoms with Crippen LogP contribution in [0.1, 0.15) is 49.0 Å². The average Bonchev–Trinajstić information content (AvgIpc) is 3.33. The van der Waals surface area contributed by atoms with Crippen LogP contribution < -0.4 is 5.32 Å². The van der Waals surface area contributed by atoms with E-state index in [1.54, 1.807) is 23.9 Å². The van der Waals surface area contributed by atoms with Crippen molar-refractivity contribution in [3.05, 3.63) is 75.7 Å². The zero-order chi connectivity index (χ0) is 26.3. The van der Waals surface area contributed by atoms with Gasteiger partial charge in [0.15, 0.2) is 6.61 Å². The molecule has 0 spiro atoms. The van der Waals surface area contributed by atoms with Gasteiger partial charge in [-0.2, -0.15) is 11.8 Å². The second-order valence-electron chi connectivity index (χ2n) is 9.05. The number of amides is 1. The van der Waals surface area contributed by atoms with Gasteiger partial charge in [-0.15, -0.1) is 10.2 Å². The molecule has 1 N–H and O–H groups in total. The third-order valence-corrected chi connectivity index (χ3v) is 5.99. The van der Waals surface area contributed by atoms with E-state index in [1.165, 1.54) is 24.3 Å². The lowest BCUT2D eigenvalue weighted by Crippen LogP contribution is -2.42. The van der Waals surface area contributed by atoms with Gasteiger partial charge in [-0.05, 0) is 53.7 Å². The van der Waals surface area contributed by atoms with Gasteiger partial charge in [-0.1, -0.05) is 32.9 Å². The predicted octanol–water partition coefficient (Wildman–Crippen LogP) is 4.54. The number of nitrogens with zero attached hydrogens (tertiary/aromatic N) is 3. The Labute approximate surface area is 213 Å². The first-order chi connectivity index (χ1) is 17.1. The van der Waals surface area contributed by atoms with Gasteiger partial charge in [0.1, 0.15) is 6.04 Å². The molecule has 0 aliphatic carbocycles. The smallest absolute Gasteiger partial charge is 0.329 e. The highest BCUT2D eigenvalue weighted by molar-refractivity contribution is 7.98. The number of ether oxygens (including phenoxy) is 1. The van der Waals surface area contributed by atoms with Crippen molar-refractivity contribution in [3.63, 3.8) is 0 Å². The van der Waals surface area contributed by atoms with E-state index in [1.807, 2.05) is 18.4 Å². The van der Waals surface area contributed by atoms with Crippen LogP contribution in [0.25, 0.3) is 11.5 Å². The van der Waals surface area contributed by atoms with Gasteiger partial charge in [-0.3, -0.25) is 14.9 Å². The Morgan fingerprint density at radius 1 is 1.11 bits per heavy atom. The highest BCUT2D eigenvalue weighted by atomic mass is 32.2. The van der Waals surface area contributed by atoms with Crippen molar-refractivity contribution in [2.45, 2.75) is 45.3 Å². The Bertz CT molecular complexity index is 1200. The number of esters is 1. The minimum absolute atomic E-state index is 0.0349. The summed E-state index contributed by atoms with van der Waals surface area (Å²) in [5.41, 5.74) is 1.95. The maximum Gasteiger partial charge on any atom is 0.329 e. The molecule has 36 heavy (non-hydrogen) atoms. The van der Waals surface area contributed by atoms with Gasteiger partial charge in [0.25, 0.3) is 17.5 Å². The van der Waals surface area contributed by atoms with Crippen molar-refractivity contribution in [2.24, 2.45) is 0 Å². The van der Waals surface area contributed by atoms with Gasteiger partial charge in [0.05, 0.1) is 4.92 Å². The molecular weight excluding hydrogens is 484 g/mol. The van der Waals surface area contributed by atoms with Crippen molar-refractivity contribution >= 4 is 29.3 Å². The summed E-state index contributed by atoms with van der Waals surface area (Å²) >= 11 is 1.55. The number of carbonyl (C=O) groups excluding carboxylic acids is 2. The number of rotatable bonds is 10. The summed E-state index contributed by atoms with van der Waals surface area (Å²) in [5.74, 6) is -0.129. The molecule has 0 bridgehead atoms. The zero-order valence-electron chi connectivity index (χ0n) is 20.5. The van der Waals surface area contributed by atoms with Crippen LogP contribution in [-0.2, 0) is 21.6 Å². The number of hydrogen-bond donors (Lipinski definition) is 1. The maximum absolute atomic E-state index is 12.8. The fourth-order valence-electron chi connectivity index (χ4n) is 3.24. The monoisotopic (exact) mass is 512 g/mol. The molecule has 0 aliphatic rings. The number of non-ortho nitro benzene ring substituents is 1. The Kier molecular flexibility index (Phi) is 8.81. The van der Waals surface area contributed by atoms with E-state index in [2.05, 4.69) is 36.3 Å². The number of nitrogens with one attached hydrogen (secondary N) is 1. The van der Waals surface area contributed by atoms with Crippen molar-refractivity contribution in [1.82, 2.24) is 15.5 Å². The first kappa shape index (κ1) is 26.9. The topological polar surface area (TPSA) is 137 Å². The lowest BCUT2D eigenvalue weighted by atomic mass is 9.86. The van der Waals surface area contributed by atoms with Gasteiger partial charge in [0, 0.05) is 23.3 Å². The Morgan fingerprint density at radius 3 is 2.36 bits per heavy atom. The van der Waals surface area contributed by atoms with Crippen molar-refractivity contribution in [2.75, 3.05) is 12.0 Å². The second kappa shape index (κ2) is 11.8. The van der Waals surface area contributed by atoms with Crippen LogP contribution in [-0.4, -0.2) is 45.0 Å². The Balaban J connectivity index is 1.62. The van der Waals surface area contributed by atoms with E-state index in [-0.39, 0.29) is 35.4 Å². The molecule has 1 amide bonds. The molecule has 2 aromatic carbocycles. The van der Waals surface area contributed by atoms with Crippen LogP contribution in [0.4, 0.5) is 5.69 Å². The summed E-state index contributed by atoms with van der Waals surface area (Å²) in [6.45, 7) is 6.00. The molecule has 11 heteroatoms. The summed E-state index contributed by atoms with van der Waals surface area (Å²) in [6.07, 6.45) is 2.30. The molecule has 3 rings (SSSR count). The molecule has 1 aromatic heterocycles. The SMILES string of the molecule is CSCC[C@H](NC(=O)c1ccc(C(C)(C)C)cc1)C(=O)OCc1nnc(-c2ccc([N+](=O)[O-])cc2)o1. The van der Waals surface area contributed by atoms with E-state index in [0.29, 0.717) is 23.3 Å². The van der Waals surface area contributed by atoms with Gasteiger partial charge in [0.2, 0.25) is 5.89 Å². The number of aromatic nitrogens is 2. The van der Waals surface area contributed by atoms with E-state index >= 15 is 0 Å². The van der Waals surface area contributed by atoms with Gasteiger partial charge in [-0.25, -0.2) is 4.79 Å². The maximum atomic E-state index is 12.8. The van der Waals surface area contributed by atoms with E-state index in [0.717, 1.165) is 5.56 Å². The standard InChI is InChI=1S/C25H28N4O6S/c1-25(2,3)18-9-5-16(6-10-18)22(30)26-20(13-14-36-4)24(31)34-15-21-27-28-23(35-21)17-7-11-19(12-8-17)29(32)33/h5-12,20H,13-15H2,1-4H3,(H,26,30)/t20-/m0/s1. The normalized spacial score (nSPS) is 12.1. The molecule has 10 nitrogen and oxygen atoms in total. The van der Waals surface area contributed by atoms with Crippen LogP contribution in [0, 0.1) is 10.1 Å². The second-order valence-corrected chi connectivity index (χ2v) is 10.0. The number of benzene rings is 2. The third-order valence-electron chi connectivity index (χ3n) is 5.34. The minimum Gasteiger partial charge on any atom is -0.454 e. The molecule has 1 atom stereocenters. The van der Waals surface area contributed by atoms with Crippen LogP contribution in [0.5, 0.6) is 0 Å². The van der Waals surface area contributed by atoms with Crippen LogP contribution in [0.15, 0.2) is 52.9 Å². The Morgan fingerprint density at radius 2 is 1.78 bits per heavy atom. The molecule has 0 aliphatic heterocycles. The summed E-state index contributed by atoms with van der Waals surface area (Å²) in [5, 5.41) is 21.3.